The van der Waals surface area contributed by atoms with Crippen LogP contribution in [0.4, 0.5) is 5.69 Å². The predicted molar refractivity (Wildman–Crippen MR) is 112 cm³/mol. The minimum atomic E-state index is -3.77. The number of benzene rings is 2. The monoisotopic (exact) mass is 447 g/mol. The number of halogens is 1. The Labute approximate surface area is 176 Å². The number of aromatic nitrogens is 2. The molecule has 148 valence electrons. The van der Waals surface area contributed by atoms with Crippen molar-refractivity contribution in [3.8, 4) is 28.6 Å². The normalized spacial score (nSPS) is 11.4. The number of thiophene rings is 1. The molecule has 4 aromatic rings. The molecule has 0 aliphatic carbocycles. The van der Waals surface area contributed by atoms with Crippen molar-refractivity contribution in [1.29, 1.82) is 0 Å². The van der Waals surface area contributed by atoms with Gasteiger partial charge in [-0.25, -0.2) is 8.42 Å². The fourth-order valence-electron chi connectivity index (χ4n) is 2.52. The second kappa shape index (κ2) is 7.86. The minimum absolute atomic E-state index is 0.126. The Balaban J connectivity index is 1.57. The zero-order valence-electron chi connectivity index (χ0n) is 15.0. The van der Waals surface area contributed by atoms with Gasteiger partial charge < -0.3 is 9.26 Å². The summed E-state index contributed by atoms with van der Waals surface area (Å²) in [6, 6.07) is 15.2. The molecule has 0 saturated heterocycles. The van der Waals surface area contributed by atoms with Gasteiger partial charge in [0.25, 0.3) is 15.9 Å². The van der Waals surface area contributed by atoms with E-state index in [4.69, 9.17) is 20.9 Å². The van der Waals surface area contributed by atoms with Gasteiger partial charge in [0.15, 0.2) is 0 Å². The van der Waals surface area contributed by atoms with Gasteiger partial charge in [0.05, 0.1) is 18.4 Å². The number of anilines is 1. The Kier molecular flexibility index (Phi) is 5.27. The minimum Gasteiger partial charge on any atom is -0.497 e. The number of hydrogen-bond acceptors (Lipinski definition) is 7. The Morgan fingerprint density at radius 1 is 1.10 bits per heavy atom. The largest absolute Gasteiger partial charge is 0.497 e. The number of nitrogens with zero attached hydrogens (tertiary/aromatic N) is 2. The first-order valence-electron chi connectivity index (χ1n) is 8.30. The molecule has 2 heterocycles. The van der Waals surface area contributed by atoms with Gasteiger partial charge in [0, 0.05) is 22.0 Å². The third-order valence-corrected chi connectivity index (χ3v) is 7.01. The maximum atomic E-state index is 12.7. The second-order valence-electron chi connectivity index (χ2n) is 5.92. The summed E-state index contributed by atoms with van der Waals surface area (Å²) in [6.07, 6.45) is 0. The predicted octanol–water partition coefficient (Wildman–Crippen LogP) is 4.93. The van der Waals surface area contributed by atoms with Crippen LogP contribution in [-0.2, 0) is 10.0 Å². The van der Waals surface area contributed by atoms with E-state index in [0.29, 0.717) is 27.8 Å². The first kappa shape index (κ1) is 19.4. The van der Waals surface area contributed by atoms with Crippen molar-refractivity contribution in [3.63, 3.8) is 0 Å². The lowest BCUT2D eigenvalue weighted by atomic mass is 10.2. The van der Waals surface area contributed by atoms with Gasteiger partial charge in [-0.1, -0.05) is 22.8 Å². The van der Waals surface area contributed by atoms with Crippen LogP contribution >= 0.6 is 22.9 Å². The summed E-state index contributed by atoms with van der Waals surface area (Å²) in [5.74, 6) is 1.17. The lowest BCUT2D eigenvalue weighted by molar-refractivity contribution is 0.415. The number of ether oxygens (including phenoxy) is 1. The zero-order chi connectivity index (χ0) is 20.4. The van der Waals surface area contributed by atoms with E-state index in [2.05, 4.69) is 14.9 Å². The average Bonchev–Trinajstić information content (AvgIpc) is 3.38. The fourth-order valence-corrected chi connectivity index (χ4v) is 4.85. The molecular weight excluding hydrogens is 434 g/mol. The zero-order valence-corrected chi connectivity index (χ0v) is 17.4. The topological polar surface area (TPSA) is 94.3 Å². The van der Waals surface area contributed by atoms with Gasteiger partial charge in [0.2, 0.25) is 5.82 Å². The van der Waals surface area contributed by atoms with Crippen molar-refractivity contribution in [2.75, 3.05) is 11.8 Å². The van der Waals surface area contributed by atoms with Crippen molar-refractivity contribution in [2.45, 2.75) is 4.21 Å². The van der Waals surface area contributed by atoms with Crippen molar-refractivity contribution < 1.29 is 17.7 Å². The molecule has 0 spiro atoms. The molecule has 0 radical (unpaired) electrons. The standard InChI is InChI=1S/C19H14ClN3O4S2/c1-26-16-4-2-3-15(10-16)23-29(24,25)17-9-13(11-28-17)19-21-18(22-27-19)12-5-7-14(20)8-6-12/h2-11,23H,1H3. The van der Waals surface area contributed by atoms with Crippen molar-refractivity contribution >= 4 is 38.6 Å². The van der Waals surface area contributed by atoms with Crippen molar-refractivity contribution in [1.82, 2.24) is 10.1 Å². The second-order valence-corrected chi connectivity index (χ2v) is 9.18. The molecule has 7 nitrogen and oxygen atoms in total. The van der Waals surface area contributed by atoms with Crippen LogP contribution in [0.3, 0.4) is 0 Å². The maximum Gasteiger partial charge on any atom is 0.271 e. The first-order chi connectivity index (χ1) is 13.9. The van der Waals surface area contributed by atoms with E-state index in [1.54, 1.807) is 53.9 Å². The highest BCUT2D eigenvalue weighted by Gasteiger charge is 2.20. The van der Waals surface area contributed by atoms with Gasteiger partial charge in [-0.05, 0) is 42.5 Å². The highest BCUT2D eigenvalue weighted by molar-refractivity contribution is 7.94. The van der Waals surface area contributed by atoms with Gasteiger partial charge in [0.1, 0.15) is 9.96 Å². The lowest BCUT2D eigenvalue weighted by Crippen LogP contribution is -2.11. The highest BCUT2D eigenvalue weighted by atomic mass is 35.5. The van der Waals surface area contributed by atoms with Gasteiger partial charge in [-0.15, -0.1) is 11.3 Å². The number of rotatable bonds is 6. The summed E-state index contributed by atoms with van der Waals surface area (Å²) in [5, 5.41) is 6.20. The van der Waals surface area contributed by atoms with Crippen molar-refractivity contribution in [3.05, 3.63) is 65.0 Å². The molecule has 2 aromatic carbocycles. The van der Waals surface area contributed by atoms with Crippen molar-refractivity contribution in [2.24, 2.45) is 0 Å². The van der Waals surface area contributed by atoms with E-state index in [9.17, 15) is 8.42 Å². The Hall–Kier alpha value is -2.88. The van der Waals surface area contributed by atoms with E-state index in [1.807, 2.05) is 0 Å². The van der Waals surface area contributed by atoms with Crippen LogP contribution in [0.15, 0.2) is 68.7 Å². The summed E-state index contributed by atoms with van der Waals surface area (Å²) in [7, 11) is -2.25. The van der Waals surface area contributed by atoms with Gasteiger partial charge in [-0.3, -0.25) is 4.72 Å². The molecule has 0 atom stereocenters. The van der Waals surface area contributed by atoms with Gasteiger partial charge in [-0.2, -0.15) is 4.98 Å². The molecule has 0 bridgehead atoms. The van der Waals surface area contributed by atoms with E-state index in [1.165, 1.54) is 13.2 Å². The third-order valence-electron chi connectivity index (χ3n) is 3.94. The van der Waals surface area contributed by atoms with E-state index < -0.39 is 10.0 Å². The first-order valence-corrected chi connectivity index (χ1v) is 11.0. The third kappa shape index (κ3) is 4.26. The van der Waals surface area contributed by atoms with Crippen LogP contribution in [0.1, 0.15) is 0 Å². The fraction of sp³-hybridized carbons (Fsp3) is 0.0526. The quantitative estimate of drug-likeness (QED) is 0.450. The summed E-state index contributed by atoms with van der Waals surface area (Å²) in [4.78, 5) is 4.34. The molecule has 4 rings (SSSR count). The summed E-state index contributed by atoms with van der Waals surface area (Å²) >= 11 is 6.95. The number of hydrogen-bond donors (Lipinski definition) is 1. The van der Waals surface area contributed by atoms with Crippen LogP contribution in [0.5, 0.6) is 5.75 Å². The van der Waals surface area contributed by atoms with Gasteiger partial charge >= 0.3 is 0 Å². The molecule has 0 amide bonds. The lowest BCUT2D eigenvalue weighted by Gasteiger charge is -2.07. The van der Waals surface area contributed by atoms with Crippen LogP contribution in [0.2, 0.25) is 5.02 Å². The number of methoxy groups -OCH3 is 1. The average molecular weight is 448 g/mol. The Bertz CT molecular complexity index is 1250. The van der Waals surface area contributed by atoms with Crippen LogP contribution in [0.25, 0.3) is 22.8 Å². The smallest absolute Gasteiger partial charge is 0.271 e. The summed E-state index contributed by atoms with van der Waals surface area (Å²) in [5.41, 5.74) is 1.67. The van der Waals surface area contributed by atoms with Crippen LogP contribution in [0, 0.1) is 0 Å². The molecule has 29 heavy (non-hydrogen) atoms. The molecule has 10 heteroatoms. The Morgan fingerprint density at radius 2 is 1.90 bits per heavy atom. The van der Waals surface area contributed by atoms with E-state index in [0.717, 1.165) is 16.9 Å². The summed E-state index contributed by atoms with van der Waals surface area (Å²) in [6.45, 7) is 0. The Morgan fingerprint density at radius 3 is 2.66 bits per heavy atom. The molecule has 0 aliphatic rings. The molecular formula is C19H14ClN3O4S2. The molecule has 0 fully saturated rings. The number of sulfonamides is 1. The van der Waals surface area contributed by atoms with Crippen LogP contribution < -0.4 is 9.46 Å². The molecule has 0 saturated carbocycles. The van der Waals surface area contributed by atoms with Crippen LogP contribution in [-0.4, -0.2) is 25.7 Å². The maximum absolute atomic E-state index is 12.7. The highest BCUT2D eigenvalue weighted by Crippen LogP contribution is 2.30. The number of nitrogens with one attached hydrogen (secondary N) is 1. The van der Waals surface area contributed by atoms with E-state index >= 15 is 0 Å². The molecule has 2 aromatic heterocycles. The summed E-state index contributed by atoms with van der Waals surface area (Å²) < 4.78 is 38.4. The SMILES string of the molecule is COc1cccc(NS(=O)(=O)c2cc(-c3nc(-c4ccc(Cl)cc4)no3)cs2)c1. The van der Waals surface area contributed by atoms with E-state index in [-0.39, 0.29) is 10.1 Å². The molecule has 0 aliphatic heterocycles. The molecule has 1 N–H and O–H groups in total. The molecule has 0 unspecified atom stereocenters.